The molecule has 4 aromatic carbocycles. The predicted molar refractivity (Wildman–Crippen MR) is 151 cm³/mol. The van der Waals surface area contributed by atoms with Gasteiger partial charge >= 0.3 is 11.8 Å². The molecule has 0 fully saturated rings. The Morgan fingerprint density at radius 2 is 1.38 bits per heavy atom. The average molecular weight is 539 g/mol. The van der Waals surface area contributed by atoms with Gasteiger partial charge in [0.2, 0.25) is 0 Å². The first-order valence-corrected chi connectivity index (χ1v) is 12.1. The molecule has 202 valence electrons. The van der Waals surface area contributed by atoms with Gasteiger partial charge in [0.25, 0.3) is 5.91 Å². The quantitative estimate of drug-likeness (QED) is 0.154. The largest absolute Gasteiger partial charge is 0.495 e. The summed E-state index contributed by atoms with van der Waals surface area (Å²) in [7, 11) is 1.52. The lowest BCUT2D eigenvalue weighted by atomic mass is 10.2. The van der Waals surface area contributed by atoms with Gasteiger partial charge in [0, 0.05) is 5.69 Å². The molecule has 0 atom stereocenters. The zero-order valence-electron chi connectivity index (χ0n) is 21.5. The second-order valence-corrected chi connectivity index (χ2v) is 8.20. The van der Waals surface area contributed by atoms with E-state index in [2.05, 4.69) is 21.2 Å². The van der Waals surface area contributed by atoms with Gasteiger partial charge in [-0.25, -0.2) is 5.43 Å². The molecule has 40 heavy (non-hydrogen) atoms. The third-order valence-corrected chi connectivity index (χ3v) is 5.31. The van der Waals surface area contributed by atoms with Gasteiger partial charge in [-0.3, -0.25) is 14.4 Å². The van der Waals surface area contributed by atoms with Crippen molar-refractivity contribution in [3.63, 3.8) is 0 Å². The number of benzene rings is 4. The van der Waals surface area contributed by atoms with Crippen LogP contribution in [0, 0.1) is 0 Å². The number of hydrogen-bond donors (Lipinski definition) is 3. The lowest BCUT2D eigenvalue weighted by Crippen LogP contribution is -2.32. The van der Waals surface area contributed by atoms with Crippen molar-refractivity contribution in [1.82, 2.24) is 5.43 Å². The van der Waals surface area contributed by atoms with Crippen molar-refractivity contribution >= 4 is 35.3 Å². The summed E-state index contributed by atoms with van der Waals surface area (Å²) < 4.78 is 16.4. The van der Waals surface area contributed by atoms with E-state index >= 15 is 0 Å². The molecule has 10 nitrogen and oxygen atoms in total. The van der Waals surface area contributed by atoms with Crippen LogP contribution in [-0.2, 0) is 14.4 Å². The molecule has 0 aliphatic heterocycles. The molecule has 0 heterocycles. The third kappa shape index (κ3) is 8.18. The van der Waals surface area contributed by atoms with Gasteiger partial charge in [-0.05, 0) is 78.4 Å². The SMILES string of the molecule is COc1ccccc1NC(=O)COc1ccc(/C=N\NC(=O)C(=O)Nc2ccc(Oc3ccccc3)cc2)cc1. The molecule has 0 radical (unpaired) electrons. The van der Waals surface area contributed by atoms with E-state index in [1.165, 1.54) is 13.3 Å². The van der Waals surface area contributed by atoms with E-state index in [0.717, 1.165) is 0 Å². The minimum atomic E-state index is -0.929. The molecule has 0 aliphatic carbocycles. The number of para-hydroxylation sites is 3. The number of ether oxygens (including phenoxy) is 3. The van der Waals surface area contributed by atoms with Crippen LogP contribution < -0.4 is 30.3 Å². The highest BCUT2D eigenvalue weighted by atomic mass is 16.5. The molecule has 0 bridgehead atoms. The smallest absolute Gasteiger partial charge is 0.329 e. The Kier molecular flexibility index (Phi) is 9.43. The Bertz CT molecular complexity index is 1470. The standard InChI is InChI=1S/C30H26N4O6/c1-38-27-10-6-5-9-26(27)33-28(35)20-39-23-15-11-21(12-16-23)19-31-34-30(37)29(36)32-22-13-17-25(18-14-22)40-24-7-3-2-4-8-24/h2-19H,20H2,1H3,(H,32,36)(H,33,35)(H,34,37)/b31-19-. The van der Waals surface area contributed by atoms with Gasteiger partial charge in [-0.15, -0.1) is 0 Å². The summed E-state index contributed by atoms with van der Waals surface area (Å²) in [4.78, 5) is 36.4. The monoisotopic (exact) mass is 538 g/mol. The van der Waals surface area contributed by atoms with Crippen molar-refractivity contribution in [1.29, 1.82) is 0 Å². The minimum Gasteiger partial charge on any atom is -0.495 e. The van der Waals surface area contributed by atoms with Crippen molar-refractivity contribution in [3.8, 4) is 23.0 Å². The predicted octanol–water partition coefficient (Wildman–Crippen LogP) is 4.59. The van der Waals surface area contributed by atoms with E-state index in [1.54, 1.807) is 72.8 Å². The Balaban J connectivity index is 1.19. The Morgan fingerprint density at radius 3 is 2.10 bits per heavy atom. The van der Waals surface area contributed by atoms with Crippen LogP contribution >= 0.6 is 0 Å². The number of nitrogens with one attached hydrogen (secondary N) is 3. The normalized spacial score (nSPS) is 10.4. The van der Waals surface area contributed by atoms with Crippen LogP contribution in [0.25, 0.3) is 0 Å². The lowest BCUT2D eigenvalue weighted by Gasteiger charge is -2.10. The Morgan fingerprint density at radius 1 is 0.725 bits per heavy atom. The zero-order valence-corrected chi connectivity index (χ0v) is 21.5. The first-order valence-electron chi connectivity index (χ1n) is 12.1. The molecule has 0 unspecified atom stereocenters. The summed E-state index contributed by atoms with van der Waals surface area (Å²) in [5.74, 6) is 0.152. The zero-order chi connectivity index (χ0) is 28.2. The van der Waals surface area contributed by atoms with E-state index in [4.69, 9.17) is 14.2 Å². The summed E-state index contributed by atoms with van der Waals surface area (Å²) in [6.07, 6.45) is 1.37. The molecule has 0 aromatic heterocycles. The number of carbonyl (C=O) groups excluding carboxylic acids is 3. The average Bonchev–Trinajstić information content (AvgIpc) is 2.98. The molecule has 3 N–H and O–H groups in total. The van der Waals surface area contributed by atoms with Crippen molar-refractivity contribution in [2.75, 3.05) is 24.4 Å². The maximum atomic E-state index is 12.2. The number of hydrazone groups is 1. The van der Waals surface area contributed by atoms with E-state index in [1.807, 2.05) is 30.3 Å². The minimum absolute atomic E-state index is 0.195. The fourth-order valence-corrected chi connectivity index (χ4v) is 3.37. The summed E-state index contributed by atoms with van der Waals surface area (Å²) in [5.41, 5.74) is 3.80. The van der Waals surface area contributed by atoms with E-state index in [-0.39, 0.29) is 12.5 Å². The summed E-state index contributed by atoms with van der Waals surface area (Å²) in [6.45, 7) is -0.195. The Hall–Kier alpha value is -5.64. The molecular weight excluding hydrogens is 512 g/mol. The number of hydrogen-bond acceptors (Lipinski definition) is 7. The Labute approximate surface area is 230 Å². The van der Waals surface area contributed by atoms with Crippen LogP contribution in [0.2, 0.25) is 0 Å². The van der Waals surface area contributed by atoms with E-state index in [9.17, 15) is 14.4 Å². The molecular formula is C30H26N4O6. The number of anilines is 2. The first kappa shape index (κ1) is 27.4. The van der Waals surface area contributed by atoms with E-state index in [0.29, 0.717) is 39.9 Å². The molecule has 0 spiro atoms. The van der Waals surface area contributed by atoms with Crippen LogP contribution in [0.5, 0.6) is 23.0 Å². The van der Waals surface area contributed by atoms with Gasteiger partial charge in [0.05, 0.1) is 19.0 Å². The second kappa shape index (κ2) is 13.8. The number of nitrogens with zero attached hydrogens (tertiary/aromatic N) is 1. The molecule has 0 saturated heterocycles. The van der Waals surface area contributed by atoms with Crippen LogP contribution in [0.1, 0.15) is 5.56 Å². The summed E-state index contributed by atoms with van der Waals surface area (Å²) >= 11 is 0. The third-order valence-electron chi connectivity index (χ3n) is 5.31. The number of carbonyl (C=O) groups is 3. The van der Waals surface area contributed by atoms with Gasteiger partial charge in [-0.1, -0.05) is 30.3 Å². The summed E-state index contributed by atoms with van der Waals surface area (Å²) in [6, 6.07) is 29.6. The first-order chi connectivity index (χ1) is 19.5. The summed E-state index contributed by atoms with van der Waals surface area (Å²) in [5, 5.41) is 9.04. The lowest BCUT2D eigenvalue weighted by molar-refractivity contribution is -0.136. The molecule has 3 amide bonds. The van der Waals surface area contributed by atoms with Crippen molar-refractivity contribution in [2.45, 2.75) is 0 Å². The number of rotatable bonds is 10. The maximum Gasteiger partial charge on any atom is 0.329 e. The molecule has 0 aliphatic rings. The van der Waals surface area contributed by atoms with Crippen LogP contribution in [0.3, 0.4) is 0 Å². The molecule has 0 saturated carbocycles. The van der Waals surface area contributed by atoms with Crippen LogP contribution in [-0.4, -0.2) is 37.7 Å². The van der Waals surface area contributed by atoms with Crippen molar-refractivity contribution in [3.05, 3.63) is 109 Å². The highest BCUT2D eigenvalue weighted by Gasteiger charge is 2.13. The maximum absolute atomic E-state index is 12.2. The fraction of sp³-hybridized carbons (Fsp3) is 0.0667. The van der Waals surface area contributed by atoms with Crippen molar-refractivity contribution < 1.29 is 28.6 Å². The highest BCUT2D eigenvalue weighted by Crippen LogP contribution is 2.23. The molecule has 4 rings (SSSR count). The van der Waals surface area contributed by atoms with Gasteiger partial charge in [0.15, 0.2) is 6.61 Å². The molecule has 10 heteroatoms. The second-order valence-electron chi connectivity index (χ2n) is 8.20. The number of amides is 3. The van der Waals surface area contributed by atoms with Crippen molar-refractivity contribution in [2.24, 2.45) is 5.10 Å². The fourth-order valence-electron chi connectivity index (χ4n) is 3.37. The van der Waals surface area contributed by atoms with Gasteiger partial charge < -0.3 is 24.8 Å². The number of methoxy groups -OCH3 is 1. The van der Waals surface area contributed by atoms with Gasteiger partial charge in [0.1, 0.15) is 23.0 Å². The molecule has 4 aromatic rings. The van der Waals surface area contributed by atoms with Gasteiger partial charge in [-0.2, -0.15) is 5.10 Å². The highest BCUT2D eigenvalue weighted by molar-refractivity contribution is 6.39. The van der Waals surface area contributed by atoms with Crippen LogP contribution in [0.4, 0.5) is 11.4 Å². The van der Waals surface area contributed by atoms with Crippen LogP contribution in [0.15, 0.2) is 108 Å². The topological polar surface area (TPSA) is 127 Å². The van der Waals surface area contributed by atoms with E-state index < -0.39 is 11.8 Å².